The van der Waals surface area contributed by atoms with Crippen LogP contribution in [-0.2, 0) is 11.3 Å². The largest absolute Gasteiger partial charge is 0.408 e. The molecule has 2 aromatic heterocycles. The number of hydrogen-bond donors (Lipinski definition) is 0. The van der Waals surface area contributed by atoms with E-state index in [2.05, 4.69) is 36.8 Å². The van der Waals surface area contributed by atoms with E-state index < -0.39 is 0 Å². The third-order valence-corrected chi connectivity index (χ3v) is 5.37. The van der Waals surface area contributed by atoms with Crippen LogP contribution >= 0.6 is 11.3 Å². The molecule has 0 saturated carbocycles. The number of piperidine rings is 1. The monoisotopic (exact) mass is 334 g/mol. The van der Waals surface area contributed by atoms with Gasteiger partial charge in [-0.25, -0.2) is 0 Å². The lowest BCUT2D eigenvalue weighted by molar-refractivity contribution is -0.116. The van der Waals surface area contributed by atoms with Gasteiger partial charge in [0.1, 0.15) is 0 Å². The predicted octanol–water partition coefficient (Wildman–Crippen LogP) is 2.31. The van der Waals surface area contributed by atoms with Crippen LogP contribution in [0.15, 0.2) is 21.2 Å². The van der Waals surface area contributed by atoms with Crippen LogP contribution in [0.2, 0.25) is 0 Å². The number of anilines is 1. The van der Waals surface area contributed by atoms with Gasteiger partial charge in [-0.2, -0.15) is 11.3 Å². The van der Waals surface area contributed by atoms with Crippen LogP contribution in [0.1, 0.15) is 24.3 Å². The zero-order chi connectivity index (χ0) is 15.7. The molecule has 1 spiro atoms. The minimum absolute atomic E-state index is 0.116. The third-order valence-electron chi connectivity index (χ3n) is 4.64. The van der Waals surface area contributed by atoms with E-state index in [1.807, 2.05) is 6.92 Å². The van der Waals surface area contributed by atoms with Gasteiger partial charge >= 0.3 is 6.01 Å². The van der Waals surface area contributed by atoms with Crippen molar-refractivity contribution in [1.29, 1.82) is 0 Å². The van der Waals surface area contributed by atoms with Crippen molar-refractivity contribution in [1.82, 2.24) is 15.1 Å². The average molecular weight is 334 g/mol. The fraction of sp³-hybridized carbons (Fsp3) is 0.625. The first kappa shape index (κ1) is 15.1. The van der Waals surface area contributed by atoms with Crippen molar-refractivity contribution in [2.75, 3.05) is 37.7 Å². The minimum atomic E-state index is -0.116. The highest BCUT2D eigenvalue weighted by Crippen LogP contribution is 2.31. The van der Waals surface area contributed by atoms with Crippen LogP contribution in [0.25, 0.3) is 0 Å². The van der Waals surface area contributed by atoms with Gasteiger partial charge in [-0.1, -0.05) is 5.10 Å². The van der Waals surface area contributed by atoms with Crippen molar-refractivity contribution in [2.45, 2.75) is 31.9 Å². The Bertz CT molecular complexity index is 640. The quantitative estimate of drug-likeness (QED) is 0.858. The summed E-state index contributed by atoms with van der Waals surface area (Å²) in [5, 5.41) is 12.5. The van der Waals surface area contributed by atoms with Crippen LogP contribution < -0.4 is 4.90 Å². The molecular formula is C16H22N4O2S. The summed E-state index contributed by atoms with van der Waals surface area (Å²) in [4.78, 5) is 4.69. The molecule has 1 atom stereocenters. The summed E-state index contributed by atoms with van der Waals surface area (Å²) in [7, 11) is 0. The van der Waals surface area contributed by atoms with Gasteiger partial charge in [-0.05, 0) is 35.2 Å². The molecule has 4 rings (SSSR count). The van der Waals surface area contributed by atoms with E-state index in [-0.39, 0.29) is 5.60 Å². The van der Waals surface area contributed by atoms with Gasteiger partial charge < -0.3 is 14.1 Å². The Kier molecular flexibility index (Phi) is 4.09. The van der Waals surface area contributed by atoms with Gasteiger partial charge in [0.2, 0.25) is 5.89 Å². The van der Waals surface area contributed by atoms with E-state index in [0.717, 1.165) is 52.2 Å². The predicted molar refractivity (Wildman–Crippen MR) is 88.8 cm³/mol. The van der Waals surface area contributed by atoms with Crippen molar-refractivity contribution < 1.29 is 9.15 Å². The lowest BCUT2D eigenvalue weighted by atomic mass is 9.90. The van der Waals surface area contributed by atoms with E-state index in [4.69, 9.17) is 9.15 Å². The number of morpholine rings is 1. The molecule has 0 amide bonds. The molecule has 0 aliphatic carbocycles. The van der Waals surface area contributed by atoms with Crippen molar-refractivity contribution in [3.8, 4) is 0 Å². The fourth-order valence-corrected chi connectivity index (χ4v) is 4.28. The van der Waals surface area contributed by atoms with Crippen LogP contribution in [0.5, 0.6) is 0 Å². The van der Waals surface area contributed by atoms with E-state index >= 15 is 0 Å². The molecule has 2 aromatic rings. The molecule has 0 N–H and O–H groups in total. The molecule has 7 heteroatoms. The summed E-state index contributed by atoms with van der Waals surface area (Å²) in [6.45, 7) is 7.38. The Balaban J connectivity index is 1.46. The van der Waals surface area contributed by atoms with E-state index in [1.54, 1.807) is 11.3 Å². The maximum absolute atomic E-state index is 6.24. The number of aromatic nitrogens is 2. The molecule has 124 valence electrons. The molecule has 1 unspecified atom stereocenters. The van der Waals surface area contributed by atoms with Crippen molar-refractivity contribution in [2.24, 2.45) is 0 Å². The Hall–Kier alpha value is -1.44. The first-order chi connectivity index (χ1) is 11.2. The number of thiophene rings is 1. The third kappa shape index (κ3) is 3.27. The number of nitrogens with zero attached hydrogens (tertiary/aromatic N) is 4. The molecule has 4 heterocycles. The molecule has 0 bridgehead atoms. The Morgan fingerprint density at radius 3 is 3.04 bits per heavy atom. The van der Waals surface area contributed by atoms with Crippen LogP contribution in [0.4, 0.5) is 6.01 Å². The smallest absolute Gasteiger partial charge is 0.318 e. The second kappa shape index (κ2) is 6.22. The van der Waals surface area contributed by atoms with Gasteiger partial charge in [0, 0.05) is 33.1 Å². The topological polar surface area (TPSA) is 54.6 Å². The Morgan fingerprint density at radius 2 is 2.26 bits per heavy atom. The van der Waals surface area contributed by atoms with E-state index in [0.29, 0.717) is 11.9 Å². The Labute approximate surface area is 140 Å². The highest BCUT2D eigenvalue weighted by atomic mass is 32.1. The molecular weight excluding hydrogens is 312 g/mol. The molecule has 23 heavy (non-hydrogen) atoms. The standard InChI is InChI=1S/C16H22N4O2S/c1-13-17-18-15(22-13)20-5-2-4-16(12-20)11-19(6-7-21-16)9-14-3-8-23-10-14/h3,8,10H,2,4-7,9,11-12H2,1H3. The minimum Gasteiger partial charge on any atom is -0.408 e. The van der Waals surface area contributed by atoms with Crippen molar-refractivity contribution >= 4 is 17.4 Å². The molecule has 2 fully saturated rings. The fourth-order valence-electron chi connectivity index (χ4n) is 3.62. The van der Waals surface area contributed by atoms with Crippen LogP contribution in [0, 0.1) is 6.92 Å². The normalized spacial score (nSPS) is 26.0. The molecule has 0 radical (unpaired) electrons. The van der Waals surface area contributed by atoms with Crippen molar-refractivity contribution in [3.63, 3.8) is 0 Å². The average Bonchev–Trinajstić information content (AvgIpc) is 3.19. The van der Waals surface area contributed by atoms with Gasteiger partial charge in [-0.15, -0.1) is 5.10 Å². The molecule has 2 aliphatic rings. The van der Waals surface area contributed by atoms with Crippen LogP contribution in [0.3, 0.4) is 0 Å². The number of hydrogen-bond acceptors (Lipinski definition) is 7. The van der Waals surface area contributed by atoms with Gasteiger partial charge in [0.15, 0.2) is 0 Å². The van der Waals surface area contributed by atoms with E-state index in [9.17, 15) is 0 Å². The highest BCUT2D eigenvalue weighted by molar-refractivity contribution is 7.07. The molecule has 2 saturated heterocycles. The van der Waals surface area contributed by atoms with Gasteiger partial charge in [0.05, 0.1) is 18.8 Å². The summed E-state index contributed by atoms with van der Waals surface area (Å²) in [5.41, 5.74) is 1.28. The second-order valence-electron chi connectivity index (χ2n) is 6.50. The number of ether oxygens (including phenoxy) is 1. The summed E-state index contributed by atoms with van der Waals surface area (Å²) in [6, 6.07) is 2.83. The summed E-state index contributed by atoms with van der Waals surface area (Å²) in [5.74, 6) is 0.614. The summed E-state index contributed by atoms with van der Waals surface area (Å²) >= 11 is 1.76. The van der Waals surface area contributed by atoms with Crippen molar-refractivity contribution in [3.05, 3.63) is 28.3 Å². The number of aryl methyl sites for hydroxylation is 1. The summed E-state index contributed by atoms with van der Waals surface area (Å²) in [6.07, 6.45) is 2.18. The first-order valence-corrected chi connectivity index (χ1v) is 9.09. The zero-order valence-corrected chi connectivity index (χ0v) is 14.2. The number of rotatable bonds is 3. The lowest BCUT2D eigenvalue weighted by Gasteiger charge is -2.47. The summed E-state index contributed by atoms with van der Waals surface area (Å²) < 4.78 is 11.8. The lowest BCUT2D eigenvalue weighted by Crippen LogP contribution is -2.59. The van der Waals surface area contributed by atoms with Crippen LogP contribution in [-0.4, -0.2) is 53.5 Å². The van der Waals surface area contributed by atoms with Gasteiger partial charge in [0.25, 0.3) is 0 Å². The second-order valence-corrected chi connectivity index (χ2v) is 7.28. The maximum Gasteiger partial charge on any atom is 0.318 e. The maximum atomic E-state index is 6.24. The Morgan fingerprint density at radius 1 is 1.30 bits per heavy atom. The van der Waals surface area contributed by atoms with Gasteiger partial charge in [-0.3, -0.25) is 4.90 Å². The zero-order valence-electron chi connectivity index (χ0n) is 13.4. The first-order valence-electron chi connectivity index (χ1n) is 8.15. The molecule has 2 aliphatic heterocycles. The van der Waals surface area contributed by atoms with E-state index in [1.165, 1.54) is 5.56 Å². The SMILES string of the molecule is Cc1nnc(N2CCCC3(CN(Cc4ccsc4)CCO3)C2)o1. The molecule has 6 nitrogen and oxygen atoms in total. The molecule has 0 aromatic carbocycles. The highest BCUT2D eigenvalue weighted by Gasteiger charge is 2.41.